The van der Waals surface area contributed by atoms with Crippen molar-refractivity contribution in [3.8, 4) is 5.75 Å². The number of amides is 1. The van der Waals surface area contributed by atoms with E-state index < -0.39 is 15.9 Å². The van der Waals surface area contributed by atoms with Crippen molar-refractivity contribution >= 4 is 33.2 Å². The first-order valence-corrected chi connectivity index (χ1v) is 10.3. The SMILES string of the molecule is COc1ccc(Cl)cc1NS(=O)(=O)c1cccc(C(=O)NCc2cc(C)no2)c1. The van der Waals surface area contributed by atoms with Gasteiger partial charge in [-0.15, -0.1) is 0 Å². The van der Waals surface area contributed by atoms with Gasteiger partial charge in [-0.05, 0) is 43.3 Å². The highest BCUT2D eigenvalue weighted by Crippen LogP contribution is 2.29. The molecule has 8 nitrogen and oxygen atoms in total. The molecule has 0 saturated carbocycles. The van der Waals surface area contributed by atoms with Crippen molar-refractivity contribution < 1.29 is 22.5 Å². The number of carbonyl (C=O) groups excluding carboxylic acids is 1. The molecule has 0 aliphatic rings. The Balaban J connectivity index is 1.78. The molecule has 1 heterocycles. The highest BCUT2D eigenvalue weighted by Gasteiger charge is 2.19. The number of halogens is 1. The van der Waals surface area contributed by atoms with Crippen LogP contribution in [0.4, 0.5) is 5.69 Å². The Labute approximate surface area is 172 Å². The Morgan fingerprint density at radius 3 is 2.69 bits per heavy atom. The minimum absolute atomic E-state index is 0.0808. The summed E-state index contributed by atoms with van der Waals surface area (Å²) in [6.45, 7) is 1.90. The second-order valence-corrected chi connectivity index (χ2v) is 8.21. The van der Waals surface area contributed by atoms with E-state index in [9.17, 15) is 13.2 Å². The molecule has 0 aliphatic carbocycles. The highest BCUT2D eigenvalue weighted by molar-refractivity contribution is 7.92. The summed E-state index contributed by atoms with van der Waals surface area (Å²) in [5.74, 6) is 0.361. The number of rotatable bonds is 7. The number of aromatic nitrogens is 1. The maximum atomic E-state index is 12.8. The summed E-state index contributed by atoms with van der Waals surface area (Å²) in [6, 6.07) is 11.9. The minimum Gasteiger partial charge on any atom is -0.495 e. The predicted octanol–water partition coefficient (Wildman–Crippen LogP) is 3.38. The molecule has 0 spiro atoms. The number of methoxy groups -OCH3 is 1. The third-order valence-corrected chi connectivity index (χ3v) is 5.51. The molecule has 152 valence electrons. The fourth-order valence-electron chi connectivity index (χ4n) is 2.54. The van der Waals surface area contributed by atoms with Crippen LogP contribution in [0.3, 0.4) is 0 Å². The normalized spacial score (nSPS) is 11.1. The summed E-state index contributed by atoms with van der Waals surface area (Å²) in [5, 5.41) is 6.74. The molecular weight excluding hydrogens is 418 g/mol. The van der Waals surface area contributed by atoms with Crippen LogP contribution in [0.15, 0.2) is 57.9 Å². The third-order valence-electron chi connectivity index (χ3n) is 3.91. The summed E-state index contributed by atoms with van der Waals surface area (Å²) in [4.78, 5) is 12.3. The van der Waals surface area contributed by atoms with Gasteiger partial charge >= 0.3 is 0 Å². The summed E-state index contributed by atoms with van der Waals surface area (Å²) >= 11 is 5.95. The quantitative estimate of drug-likeness (QED) is 0.588. The molecule has 0 atom stereocenters. The van der Waals surface area contributed by atoms with Crippen molar-refractivity contribution in [3.05, 3.63) is 70.6 Å². The molecule has 0 saturated heterocycles. The van der Waals surface area contributed by atoms with E-state index in [-0.39, 0.29) is 22.7 Å². The Kier molecular flexibility index (Phi) is 6.09. The first kappa shape index (κ1) is 20.7. The maximum absolute atomic E-state index is 12.8. The van der Waals surface area contributed by atoms with Crippen LogP contribution in [0.5, 0.6) is 5.75 Å². The van der Waals surface area contributed by atoms with Crippen LogP contribution in [0, 0.1) is 6.92 Å². The maximum Gasteiger partial charge on any atom is 0.262 e. The largest absolute Gasteiger partial charge is 0.495 e. The molecule has 0 unspecified atom stereocenters. The lowest BCUT2D eigenvalue weighted by Crippen LogP contribution is -2.23. The second-order valence-electron chi connectivity index (χ2n) is 6.10. The van der Waals surface area contributed by atoms with Gasteiger partial charge in [0.05, 0.1) is 29.9 Å². The number of hydrogen-bond donors (Lipinski definition) is 2. The van der Waals surface area contributed by atoms with Crippen molar-refractivity contribution in [3.63, 3.8) is 0 Å². The van der Waals surface area contributed by atoms with Crippen molar-refractivity contribution in [2.24, 2.45) is 0 Å². The number of nitrogens with one attached hydrogen (secondary N) is 2. The van der Waals surface area contributed by atoms with Gasteiger partial charge in [-0.2, -0.15) is 0 Å². The van der Waals surface area contributed by atoms with Crippen LogP contribution in [0.1, 0.15) is 21.8 Å². The Morgan fingerprint density at radius 1 is 1.21 bits per heavy atom. The van der Waals surface area contributed by atoms with E-state index >= 15 is 0 Å². The van der Waals surface area contributed by atoms with Crippen LogP contribution in [0.25, 0.3) is 0 Å². The molecule has 10 heteroatoms. The third kappa shape index (κ3) is 5.07. The molecule has 3 rings (SSSR count). The molecule has 2 aromatic carbocycles. The van der Waals surface area contributed by atoms with Crippen LogP contribution in [-0.4, -0.2) is 26.6 Å². The molecule has 2 N–H and O–H groups in total. The van der Waals surface area contributed by atoms with E-state index in [2.05, 4.69) is 15.2 Å². The van der Waals surface area contributed by atoms with Crippen molar-refractivity contribution in [1.82, 2.24) is 10.5 Å². The molecule has 29 heavy (non-hydrogen) atoms. The molecule has 0 fully saturated rings. The number of ether oxygens (including phenoxy) is 1. The number of sulfonamides is 1. The molecule has 1 amide bonds. The van der Waals surface area contributed by atoms with E-state index in [1.165, 1.54) is 37.4 Å². The summed E-state index contributed by atoms with van der Waals surface area (Å²) in [7, 11) is -2.56. The zero-order chi connectivity index (χ0) is 21.0. The first-order valence-electron chi connectivity index (χ1n) is 8.45. The smallest absolute Gasteiger partial charge is 0.262 e. The number of anilines is 1. The lowest BCUT2D eigenvalue weighted by molar-refractivity contribution is 0.0947. The van der Waals surface area contributed by atoms with Crippen LogP contribution >= 0.6 is 11.6 Å². The van der Waals surface area contributed by atoms with Gasteiger partial charge < -0.3 is 14.6 Å². The van der Waals surface area contributed by atoms with E-state index in [4.69, 9.17) is 20.9 Å². The molecule has 0 bridgehead atoms. The standard InChI is InChI=1S/C19H18ClN3O5S/c1-12-8-15(28-22-12)11-21-19(24)13-4-3-5-16(9-13)29(25,26)23-17-10-14(20)6-7-18(17)27-2/h3-10,23H,11H2,1-2H3,(H,21,24). The molecule has 1 aromatic heterocycles. The average molecular weight is 436 g/mol. The zero-order valence-corrected chi connectivity index (χ0v) is 17.2. The minimum atomic E-state index is -3.98. The van der Waals surface area contributed by atoms with E-state index in [0.717, 1.165) is 0 Å². The number of nitrogens with zero attached hydrogens (tertiary/aromatic N) is 1. The van der Waals surface area contributed by atoms with E-state index in [1.54, 1.807) is 25.1 Å². The predicted molar refractivity (Wildman–Crippen MR) is 108 cm³/mol. The number of aryl methyl sites for hydroxylation is 1. The van der Waals surface area contributed by atoms with Gasteiger partial charge in [0.1, 0.15) is 5.75 Å². The van der Waals surface area contributed by atoms with Crippen molar-refractivity contribution in [2.75, 3.05) is 11.8 Å². The summed E-state index contributed by atoms with van der Waals surface area (Å²) in [6.07, 6.45) is 0. The van der Waals surface area contributed by atoms with Gasteiger partial charge in [0.15, 0.2) is 5.76 Å². The fraction of sp³-hybridized carbons (Fsp3) is 0.158. The van der Waals surface area contributed by atoms with Crippen molar-refractivity contribution in [2.45, 2.75) is 18.4 Å². The summed E-state index contributed by atoms with van der Waals surface area (Å²) < 4.78 is 38.2. The molecule has 0 aliphatic heterocycles. The van der Waals surface area contributed by atoms with Crippen LogP contribution < -0.4 is 14.8 Å². The Morgan fingerprint density at radius 2 is 2.00 bits per heavy atom. The number of carbonyl (C=O) groups is 1. The topological polar surface area (TPSA) is 111 Å². The molecule has 3 aromatic rings. The Bertz CT molecular complexity index is 1140. The van der Waals surface area contributed by atoms with E-state index in [1.807, 2.05) is 0 Å². The molecule has 0 radical (unpaired) electrons. The van der Waals surface area contributed by atoms with Crippen molar-refractivity contribution in [1.29, 1.82) is 0 Å². The highest BCUT2D eigenvalue weighted by atomic mass is 35.5. The van der Waals surface area contributed by atoms with Gasteiger partial charge in [0.2, 0.25) is 0 Å². The van der Waals surface area contributed by atoms with Gasteiger partial charge in [0.25, 0.3) is 15.9 Å². The number of hydrogen-bond acceptors (Lipinski definition) is 6. The second kappa shape index (κ2) is 8.54. The zero-order valence-electron chi connectivity index (χ0n) is 15.6. The van der Waals surface area contributed by atoms with Crippen LogP contribution in [-0.2, 0) is 16.6 Å². The monoisotopic (exact) mass is 435 g/mol. The van der Waals surface area contributed by atoms with Crippen LogP contribution in [0.2, 0.25) is 5.02 Å². The summed E-state index contributed by atoms with van der Waals surface area (Å²) in [5.41, 5.74) is 1.07. The van der Waals surface area contributed by atoms with Gasteiger partial charge in [-0.3, -0.25) is 9.52 Å². The number of benzene rings is 2. The Hall–Kier alpha value is -3.04. The molecular formula is C19H18ClN3O5S. The lowest BCUT2D eigenvalue weighted by Gasteiger charge is -2.13. The average Bonchev–Trinajstić information content (AvgIpc) is 3.11. The lowest BCUT2D eigenvalue weighted by atomic mass is 10.2. The van der Waals surface area contributed by atoms with E-state index in [0.29, 0.717) is 22.2 Å². The van der Waals surface area contributed by atoms with Gasteiger partial charge in [-0.25, -0.2) is 8.42 Å². The van der Waals surface area contributed by atoms with Gasteiger partial charge in [-0.1, -0.05) is 22.8 Å². The first-order chi connectivity index (χ1) is 13.8. The van der Waals surface area contributed by atoms with Gasteiger partial charge in [0, 0.05) is 16.7 Å². The fourth-order valence-corrected chi connectivity index (χ4v) is 3.82.